The number of guanidine groups is 1. The van der Waals surface area contributed by atoms with E-state index >= 15 is 0 Å². The summed E-state index contributed by atoms with van der Waals surface area (Å²) in [5.41, 5.74) is 2.90. The van der Waals surface area contributed by atoms with Gasteiger partial charge in [-0.1, -0.05) is 12.1 Å². The number of rotatable bonds is 7. The zero-order valence-electron chi connectivity index (χ0n) is 14.7. The molecular weight excluding hydrogens is 339 g/mol. The average molecular weight is 362 g/mol. The number of thioether (sulfide) groups is 1. The summed E-state index contributed by atoms with van der Waals surface area (Å²) in [6, 6.07) is 10.5. The molecule has 1 aromatic carbocycles. The molecule has 1 aromatic heterocycles. The van der Waals surface area contributed by atoms with Crippen molar-refractivity contribution in [3.63, 3.8) is 0 Å². The first kappa shape index (κ1) is 19.1. The molecule has 25 heavy (non-hydrogen) atoms. The fourth-order valence-corrected chi connectivity index (χ4v) is 2.88. The van der Waals surface area contributed by atoms with Crippen molar-refractivity contribution in [1.82, 2.24) is 15.6 Å². The molecular formula is C18H23FN4OS. The molecule has 0 bridgehead atoms. The molecule has 2 aromatic rings. The van der Waals surface area contributed by atoms with Crippen LogP contribution in [0.4, 0.5) is 4.39 Å². The van der Waals surface area contributed by atoms with Crippen molar-refractivity contribution in [2.75, 3.05) is 20.4 Å². The van der Waals surface area contributed by atoms with Crippen molar-refractivity contribution in [2.24, 2.45) is 4.99 Å². The Labute approximate surface area is 152 Å². The number of aromatic nitrogens is 1. The zero-order chi connectivity index (χ0) is 18.1. The summed E-state index contributed by atoms with van der Waals surface area (Å²) in [5, 5.41) is 6.46. The van der Waals surface area contributed by atoms with E-state index in [0.717, 1.165) is 22.6 Å². The van der Waals surface area contributed by atoms with Gasteiger partial charge in [0.1, 0.15) is 5.82 Å². The maximum Gasteiger partial charge on any atom is 0.213 e. The summed E-state index contributed by atoms with van der Waals surface area (Å²) < 4.78 is 18.5. The molecule has 0 radical (unpaired) electrons. The molecule has 0 fully saturated rings. The predicted octanol–water partition coefficient (Wildman–Crippen LogP) is 2.96. The van der Waals surface area contributed by atoms with E-state index in [1.165, 1.54) is 6.07 Å². The summed E-state index contributed by atoms with van der Waals surface area (Å²) in [6.45, 7) is 1.10. The van der Waals surface area contributed by atoms with Crippen LogP contribution < -0.4 is 15.4 Å². The third-order valence-electron chi connectivity index (χ3n) is 3.57. The van der Waals surface area contributed by atoms with Crippen LogP contribution in [0.5, 0.6) is 5.88 Å². The van der Waals surface area contributed by atoms with Crippen LogP contribution in [-0.2, 0) is 18.8 Å². The fraction of sp³-hybridized carbons (Fsp3) is 0.333. The first-order valence-corrected chi connectivity index (χ1v) is 9.26. The molecule has 7 heteroatoms. The second-order valence-electron chi connectivity index (χ2n) is 5.30. The molecule has 1 heterocycles. The first-order valence-electron chi connectivity index (χ1n) is 7.87. The molecule has 0 atom stereocenters. The number of benzene rings is 1. The standard InChI is InChI=1S/C18H23FN4OS/c1-20-18(22-11-16-5-4-6-17(23-16)24-2)21-10-13-7-8-15(19)9-14(13)12-25-3/h4-9H,10-12H2,1-3H3,(H2,20,21,22). The van der Waals surface area contributed by atoms with Crippen LogP contribution in [0.15, 0.2) is 41.4 Å². The number of halogens is 1. The third-order valence-corrected chi connectivity index (χ3v) is 4.17. The Hall–Kier alpha value is -2.28. The van der Waals surface area contributed by atoms with Crippen LogP contribution in [0.25, 0.3) is 0 Å². The van der Waals surface area contributed by atoms with Gasteiger partial charge in [0.15, 0.2) is 5.96 Å². The topological polar surface area (TPSA) is 58.5 Å². The Morgan fingerprint density at radius 2 is 2.00 bits per heavy atom. The highest BCUT2D eigenvalue weighted by Crippen LogP contribution is 2.16. The van der Waals surface area contributed by atoms with Crippen molar-refractivity contribution in [2.45, 2.75) is 18.8 Å². The number of ether oxygens (including phenoxy) is 1. The van der Waals surface area contributed by atoms with Crippen molar-refractivity contribution >= 4 is 17.7 Å². The lowest BCUT2D eigenvalue weighted by molar-refractivity contribution is 0.396. The van der Waals surface area contributed by atoms with Crippen LogP contribution in [0.2, 0.25) is 0 Å². The lowest BCUT2D eigenvalue weighted by atomic mass is 10.1. The highest BCUT2D eigenvalue weighted by molar-refractivity contribution is 7.97. The molecule has 0 aliphatic carbocycles. The van der Waals surface area contributed by atoms with E-state index < -0.39 is 0 Å². The van der Waals surface area contributed by atoms with E-state index in [-0.39, 0.29) is 5.82 Å². The predicted molar refractivity (Wildman–Crippen MR) is 101 cm³/mol. The number of methoxy groups -OCH3 is 1. The van der Waals surface area contributed by atoms with Gasteiger partial charge < -0.3 is 15.4 Å². The van der Waals surface area contributed by atoms with E-state index in [0.29, 0.717) is 24.9 Å². The van der Waals surface area contributed by atoms with Gasteiger partial charge in [0.05, 0.1) is 19.3 Å². The SMILES string of the molecule is CN=C(NCc1cccc(OC)n1)NCc1ccc(F)cc1CSC. The largest absolute Gasteiger partial charge is 0.481 e. The van der Waals surface area contributed by atoms with Crippen LogP contribution in [0, 0.1) is 5.82 Å². The first-order chi connectivity index (χ1) is 12.2. The smallest absolute Gasteiger partial charge is 0.213 e. The molecule has 0 saturated heterocycles. The molecule has 0 amide bonds. The third kappa shape index (κ3) is 5.94. The number of nitrogens with one attached hydrogen (secondary N) is 2. The number of aliphatic imine (C=N–C) groups is 1. The van der Waals surface area contributed by atoms with Gasteiger partial charge in [-0.25, -0.2) is 9.37 Å². The molecule has 2 rings (SSSR count). The van der Waals surface area contributed by atoms with Gasteiger partial charge >= 0.3 is 0 Å². The molecule has 2 N–H and O–H groups in total. The van der Waals surface area contributed by atoms with E-state index in [1.807, 2.05) is 24.5 Å². The Bertz CT molecular complexity index is 724. The number of pyridine rings is 1. The molecule has 0 spiro atoms. The lowest BCUT2D eigenvalue weighted by Gasteiger charge is -2.14. The van der Waals surface area contributed by atoms with Crippen molar-refractivity contribution in [3.05, 3.63) is 59.0 Å². The van der Waals surface area contributed by atoms with Gasteiger partial charge in [-0.05, 0) is 35.6 Å². The second-order valence-corrected chi connectivity index (χ2v) is 6.16. The summed E-state index contributed by atoms with van der Waals surface area (Å²) in [7, 11) is 3.30. The van der Waals surface area contributed by atoms with Crippen LogP contribution in [-0.4, -0.2) is 31.4 Å². The van der Waals surface area contributed by atoms with Crippen LogP contribution in [0.1, 0.15) is 16.8 Å². The average Bonchev–Trinajstić information content (AvgIpc) is 2.63. The maximum absolute atomic E-state index is 13.4. The summed E-state index contributed by atoms with van der Waals surface area (Å²) in [5.74, 6) is 1.80. The Kier molecular flexibility index (Phi) is 7.53. The minimum absolute atomic E-state index is 0.209. The van der Waals surface area contributed by atoms with Crippen molar-refractivity contribution in [1.29, 1.82) is 0 Å². The summed E-state index contributed by atoms with van der Waals surface area (Å²) in [6.07, 6.45) is 2.00. The van der Waals surface area contributed by atoms with E-state index in [9.17, 15) is 4.39 Å². The minimum atomic E-state index is -0.209. The molecule has 0 aliphatic heterocycles. The monoisotopic (exact) mass is 362 g/mol. The highest BCUT2D eigenvalue weighted by Gasteiger charge is 2.06. The van der Waals surface area contributed by atoms with E-state index in [2.05, 4.69) is 20.6 Å². The fourth-order valence-electron chi connectivity index (χ4n) is 2.30. The van der Waals surface area contributed by atoms with Crippen LogP contribution in [0.3, 0.4) is 0 Å². The summed E-state index contributed by atoms with van der Waals surface area (Å²) in [4.78, 5) is 8.56. The van der Waals surface area contributed by atoms with Gasteiger partial charge in [-0.2, -0.15) is 11.8 Å². The van der Waals surface area contributed by atoms with Gasteiger partial charge in [0.2, 0.25) is 5.88 Å². The van der Waals surface area contributed by atoms with Crippen molar-refractivity contribution < 1.29 is 9.13 Å². The van der Waals surface area contributed by atoms with Gasteiger partial charge in [-0.3, -0.25) is 4.99 Å². The number of nitrogens with zero attached hydrogens (tertiary/aromatic N) is 2. The number of hydrogen-bond donors (Lipinski definition) is 2. The Morgan fingerprint density at radius 3 is 2.72 bits per heavy atom. The molecule has 0 saturated carbocycles. The normalized spacial score (nSPS) is 11.3. The Balaban J connectivity index is 1.94. The van der Waals surface area contributed by atoms with Crippen molar-refractivity contribution in [3.8, 4) is 5.88 Å². The highest BCUT2D eigenvalue weighted by atomic mass is 32.2. The molecule has 134 valence electrons. The van der Waals surface area contributed by atoms with Crippen LogP contribution >= 0.6 is 11.8 Å². The van der Waals surface area contributed by atoms with Gasteiger partial charge in [0, 0.05) is 25.4 Å². The maximum atomic E-state index is 13.4. The Morgan fingerprint density at radius 1 is 1.20 bits per heavy atom. The van der Waals surface area contributed by atoms with Gasteiger partial charge in [-0.15, -0.1) is 0 Å². The summed E-state index contributed by atoms with van der Waals surface area (Å²) >= 11 is 1.67. The van der Waals surface area contributed by atoms with Gasteiger partial charge in [0.25, 0.3) is 0 Å². The molecule has 0 aliphatic rings. The molecule has 5 nitrogen and oxygen atoms in total. The van der Waals surface area contributed by atoms with E-state index in [4.69, 9.17) is 4.74 Å². The zero-order valence-corrected chi connectivity index (χ0v) is 15.5. The quantitative estimate of drug-likeness (QED) is 0.586. The molecule has 0 unspecified atom stereocenters. The number of hydrogen-bond acceptors (Lipinski definition) is 4. The second kappa shape index (κ2) is 9.88. The lowest BCUT2D eigenvalue weighted by Crippen LogP contribution is -2.36. The minimum Gasteiger partial charge on any atom is -0.481 e. The van der Waals surface area contributed by atoms with E-state index in [1.54, 1.807) is 38.1 Å².